The molecule has 1 N–H and O–H groups in total. The topological polar surface area (TPSA) is 57.9 Å². The highest BCUT2D eigenvalue weighted by Crippen LogP contribution is 2.47. The molecule has 6 rings (SSSR count). The van der Waals surface area contributed by atoms with Crippen LogP contribution in [0, 0.1) is 0 Å². The van der Waals surface area contributed by atoms with Crippen molar-refractivity contribution < 1.29 is 14.6 Å². The molecule has 1 saturated heterocycles. The molecule has 1 aliphatic carbocycles. The lowest BCUT2D eigenvalue weighted by Gasteiger charge is -2.34. The van der Waals surface area contributed by atoms with Crippen molar-refractivity contribution in [3.05, 3.63) is 53.6 Å². The maximum Gasteiger partial charge on any atom is 0.335 e. The maximum absolute atomic E-state index is 11.9. The number of hydrogen-bond donors (Lipinski definition) is 1. The van der Waals surface area contributed by atoms with Crippen molar-refractivity contribution in [1.82, 2.24) is 9.47 Å². The number of carboxylic acids is 1. The fourth-order valence-electron chi connectivity index (χ4n) is 7.21. The van der Waals surface area contributed by atoms with E-state index in [1.165, 1.54) is 72.8 Å². The molecule has 1 atom stereocenters. The van der Waals surface area contributed by atoms with Crippen molar-refractivity contribution in [2.24, 2.45) is 0 Å². The van der Waals surface area contributed by atoms with Crippen LogP contribution in [-0.2, 0) is 11.3 Å². The smallest absolute Gasteiger partial charge is 0.335 e. The summed E-state index contributed by atoms with van der Waals surface area (Å²) in [6.45, 7) is 8.84. The Bertz CT molecular complexity index is 1290. The van der Waals surface area contributed by atoms with Crippen LogP contribution in [0.1, 0.15) is 73.7 Å². The van der Waals surface area contributed by atoms with Crippen molar-refractivity contribution in [2.45, 2.75) is 70.4 Å². The lowest BCUT2D eigenvalue weighted by molar-refractivity contribution is 0.00677. The predicted octanol–water partition coefficient (Wildman–Crippen LogP) is 6.38. The largest absolute Gasteiger partial charge is 0.478 e. The molecule has 1 aromatic heterocycles. The number of carboxylic acid groups (broad SMARTS) is 1. The summed E-state index contributed by atoms with van der Waals surface area (Å²) < 4.78 is 8.39. The van der Waals surface area contributed by atoms with E-state index in [1.807, 2.05) is 6.07 Å². The van der Waals surface area contributed by atoms with Gasteiger partial charge in [-0.15, -0.1) is 0 Å². The average molecular weight is 516 g/mol. The number of para-hydroxylation sites is 1. The second-order valence-corrected chi connectivity index (χ2v) is 11.3. The number of likely N-dealkylation sites (tertiary alicyclic amines) is 1. The van der Waals surface area contributed by atoms with Crippen LogP contribution in [0.25, 0.3) is 22.2 Å². The molecule has 1 saturated carbocycles. The van der Waals surface area contributed by atoms with Gasteiger partial charge in [0, 0.05) is 61.5 Å². The highest BCUT2D eigenvalue weighted by Gasteiger charge is 2.31. The average Bonchev–Trinajstić information content (AvgIpc) is 3.18. The minimum atomic E-state index is -0.857. The molecule has 3 aromatic rings. The summed E-state index contributed by atoms with van der Waals surface area (Å²) >= 11 is 0. The summed E-state index contributed by atoms with van der Waals surface area (Å²) in [6.07, 6.45) is 9.03. The maximum atomic E-state index is 11.9. The lowest BCUT2D eigenvalue weighted by Crippen LogP contribution is -2.44. The van der Waals surface area contributed by atoms with Gasteiger partial charge in [0.25, 0.3) is 0 Å². The van der Waals surface area contributed by atoms with Crippen LogP contribution in [-0.4, -0.2) is 66.0 Å². The lowest BCUT2D eigenvalue weighted by atomic mass is 9.81. The molecule has 1 unspecified atom stereocenters. The van der Waals surface area contributed by atoms with Crippen molar-refractivity contribution >= 4 is 22.6 Å². The minimum absolute atomic E-state index is 0.360. The minimum Gasteiger partial charge on any atom is -0.478 e. The first-order valence-corrected chi connectivity index (χ1v) is 14.7. The molecular formula is C32H41N3O3. The molecule has 2 aliphatic heterocycles. The van der Waals surface area contributed by atoms with E-state index in [-0.39, 0.29) is 0 Å². The fraction of sp³-hybridized carbons (Fsp3) is 0.531. The summed E-state index contributed by atoms with van der Waals surface area (Å²) in [4.78, 5) is 17.0. The van der Waals surface area contributed by atoms with Crippen molar-refractivity contribution in [3.63, 3.8) is 0 Å². The van der Waals surface area contributed by atoms with Gasteiger partial charge in [-0.05, 0) is 68.8 Å². The van der Waals surface area contributed by atoms with Gasteiger partial charge < -0.3 is 19.3 Å². The number of carbonyl (C=O) groups is 1. The van der Waals surface area contributed by atoms with Gasteiger partial charge in [-0.3, -0.25) is 4.90 Å². The fourth-order valence-corrected chi connectivity index (χ4v) is 7.21. The van der Waals surface area contributed by atoms with Gasteiger partial charge >= 0.3 is 5.97 Å². The second-order valence-electron chi connectivity index (χ2n) is 11.3. The molecule has 0 spiro atoms. The summed E-state index contributed by atoms with van der Waals surface area (Å²) in [5.74, 6) is -0.328. The molecule has 2 aromatic carbocycles. The Morgan fingerprint density at radius 3 is 2.63 bits per heavy atom. The third kappa shape index (κ3) is 4.85. The molecule has 3 aliphatic rings. The van der Waals surface area contributed by atoms with Crippen molar-refractivity contribution in [3.8, 4) is 11.3 Å². The van der Waals surface area contributed by atoms with Crippen LogP contribution in [0.4, 0.5) is 5.69 Å². The van der Waals surface area contributed by atoms with Gasteiger partial charge in [0.15, 0.2) is 0 Å². The highest BCUT2D eigenvalue weighted by molar-refractivity contribution is 5.99. The van der Waals surface area contributed by atoms with Crippen molar-refractivity contribution in [2.75, 3.05) is 44.2 Å². The number of fused-ring (bicyclic) bond motifs is 5. The molecule has 202 valence electrons. The molecular weight excluding hydrogens is 474 g/mol. The first-order valence-electron chi connectivity index (χ1n) is 14.7. The number of nitrogens with zero attached hydrogens (tertiary/aromatic N) is 3. The van der Waals surface area contributed by atoms with E-state index in [0.29, 0.717) is 17.6 Å². The third-order valence-electron chi connectivity index (χ3n) is 9.01. The number of aromatic nitrogens is 1. The van der Waals surface area contributed by atoms with Gasteiger partial charge in [0.05, 0.1) is 17.4 Å². The van der Waals surface area contributed by atoms with E-state index in [2.05, 4.69) is 51.6 Å². The zero-order valence-electron chi connectivity index (χ0n) is 22.7. The van der Waals surface area contributed by atoms with Gasteiger partial charge in [-0.1, -0.05) is 43.5 Å². The Labute approximate surface area is 226 Å². The quantitative estimate of drug-likeness (QED) is 0.396. The van der Waals surface area contributed by atoms with Crippen LogP contribution in [0.3, 0.4) is 0 Å². The number of anilines is 1. The number of benzene rings is 2. The molecule has 3 heterocycles. The Kier molecular flexibility index (Phi) is 7.44. The highest BCUT2D eigenvalue weighted by atomic mass is 16.5. The number of piperidine rings is 1. The number of ether oxygens (including phenoxy) is 1. The van der Waals surface area contributed by atoms with E-state index < -0.39 is 5.97 Å². The molecule has 6 heteroatoms. The zero-order chi connectivity index (χ0) is 26.1. The Balaban J connectivity index is 1.38. The summed E-state index contributed by atoms with van der Waals surface area (Å²) in [6, 6.07) is 14.7. The summed E-state index contributed by atoms with van der Waals surface area (Å²) in [5, 5.41) is 11.0. The summed E-state index contributed by atoms with van der Waals surface area (Å²) in [7, 11) is 0. The van der Waals surface area contributed by atoms with Gasteiger partial charge in [0.1, 0.15) is 0 Å². The zero-order valence-corrected chi connectivity index (χ0v) is 22.7. The molecule has 0 radical (unpaired) electrons. The number of hydrogen-bond acceptors (Lipinski definition) is 4. The number of rotatable bonds is 7. The SMILES string of the molecule is CCOC1CCCN(CCN2CCn3c(c(C4CCCCC4)c4ccc(C(=O)O)cc43)-c3ccccc32)C1. The van der Waals surface area contributed by atoms with Gasteiger partial charge in [-0.25, -0.2) is 4.79 Å². The van der Waals surface area contributed by atoms with E-state index in [1.54, 1.807) is 6.07 Å². The second kappa shape index (κ2) is 11.1. The first kappa shape index (κ1) is 25.4. The molecule has 6 nitrogen and oxygen atoms in total. The Morgan fingerprint density at radius 1 is 0.974 bits per heavy atom. The van der Waals surface area contributed by atoms with Crippen LogP contribution in [0.5, 0.6) is 0 Å². The monoisotopic (exact) mass is 515 g/mol. The van der Waals surface area contributed by atoms with Crippen LogP contribution >= 0.6 is 0 Å². The molecule has 0 amide bonds. The van der Waals surface area contributed by atoms with Crippen LogP contribution in [0.15, 0.2) is 42.5 Å². The Hall–Kier alpha value is -2.83. The van der Waals surface area contributed by atoms with Gasteiger partial charge in [0.2, 0.25) is 0 Å². The summed E-state index contributed by atoms with van der Waals surface area (Å²) in [5.41, 5.74) is 6.82. The third-order valence-corrected chi connectivity index (χ3v) is 9.01. The normalized spacial score (nSPS) is 20.8. The molecule has 38 heavy (non-hydrogen) atoms. The Morgan fingerprint density at radius 2 is 1.82 bits per heavy atom. The number of aromatic carboxylic acids is 1. The standard InChI is InChI=1S/C32H41N3O3/c1-2-38-25-11-8-16-33(22-25)17-18-34-19-20-35-29-21-24(32(36)37)14-15-26(29)30(23-9-4-3-5-10-23)31(35)27-12-6-7-13-28(27)34/h6-7,12-15,21,23,25H,2-5,8-11,16-20,22H2,1H3,(H,36,37). The van der Waals surface area contributed by atoms with E-state index in [4.69, 9.17) is 4.74 Å². The predicted molar refractivity (Wildman–Crippen MR) is 153 cm³/mol. The van der Waals surface area contributed by atoms with E-state index in [9.17, 15) is 9.90 Å². The first-order chi connectivity index (χ1) is 18.6. The van der Waals surface area contributed by atoms with Crippen molar-refractivity contribution in [1.29, 1.82) is 0 Å². The van der Waals surface area contributed by atoms with E-state index in [0.717, 1.165) is 51.4 Å². The van der Waals surface area contributed by atoms with Crippen LogP contribution < -0.4 is 4.90 Å². The van der Waals surface area contributed by atoms with Crippen LogP contribution in [0.2, 0.25) is 0 Å². The van der Waals surface area contributed by atoms with E-state index >= 15 is 0 Å². The van der Waals surface area contributed by atoms with Gasteiger partial charge in [-0.2, -0.15) is 0 Å². The molecule has 2 fully saturated rings. The molecule has 0 bridgehead atoms.